The van der Waals surface area contributed by atoms with Crippen molar-refractivity contribution in [2.24, 2.45) is 5.92 Å². The summed E-state index contributed by atoms with van der Waals surface area (Å²) in [6, 6.07) is 8.76. The van der Waals surface area contributed by atoms with Crippen LogP contribution in [0.3, 0.4) is 0 Å². The van der Waals surface area contributed by atoms with Gasteiger partial charge in [-0.2, -0.15) is 0 Å². The number of hydrogen-bond donors (Lipinski definition) is 1. The van der Waals surface area contributed by atoms with Crippen molar-refractivity contribution in [1.29, 1.82) is 0 Å². The number of halogens is 1. The van der Waals surface area contributed by atoms with Crippen LogP contribution in [0, 0.1) is 5.92 Å². The maximum absolute atomic E-state index is 3.55. The van der Waals surface area contributed by atoms with Crippen molar-refractivity contribution in [1.82, 2.24) is 5.32 Å². The molecular formula is C13H18BrN. The van der Waals surface area contributed by atoms with Crippen LogP contribution < -0.4 is 5.32 Å². The molecule has 0 saturated carbocycles. The van der Waals surface area contributed by atoms with Crippen LogP contribution in [0.1, 0.15) is 31.2 Å². The molecule has 2 heteroatoms. The van der Waals surface area contributed by atoms with Gasteiger partial charge in [0.15, 0.2) is 0 Å². The van der Waals surface area contributed by atoms with Crippen LogP contribution in [-0.4, -0.2) is 13.1 Å². The van der Waals surface area contributed by atoms with E-state index in [9.17, 15) is 0 Å². The van der Waals surface area contributed by atoms with E-state index in [1.165, 1.54) is 29.4 Å². The predicted molar refractivity (Wildman–Crippen MR) is 68.2 cm³/mol. The third-order valence-electron chi connectivity index (χ3n) is 3.28. The minimum atomic E-state index is 0.711. The molecule has 1 aromatic rings. The Morgan fingerprint density at radius 2 is 2.27 bits per heavy atom. The van der Waals surface area contributed by atoms with E-state index in [-0.39, 0.29) is 0 Å². The maximum atomic E-state index is 3.55. The topological polar surface area (TPSA) is 12.0 Å². The van der Waals surface area contributed by atoms with Gasteiger partial charge in [-0.15, -0.1) is 0 Å². The highest BCUT2D eigenvalue weighted by molar-refractivity contribution is 9.10. The molecule has 1 aromatic carbocycles. The predicted octanol–water partition coefficient (Wildman–Crippen LogP) is 3.55. The molecule has 0 aromatic heterocycles. The molecule has 15 heavy (non-hydrogen) atoms. The second kappa shape index (κ2) is 5.13. The average molecular weight is 268 g/mol. The summed E-state index contributed by atoms with van der Waals surface area (Å²) in [5.41, 5.74) is 1.48. The molecule has 0 amide bonds. The van der Waals surface area contributed by atoms with Gasteiger partial charge in [0.2, 0.25) is 0 Å². The third-order valence-corrected chi connectivity index (χ3v) is 3.77. The lowest BCUT2D eigenvalue weighted by Gasteiger charge is -2.18. The second-order valence-corrected chi connectivity index (χ2v) is 5.28. The van der Waals surface area contributed by atoms with Gasteiger partial charge in [0.25, 0.3) is 0 Å². The molecule has 1 fully saturated rings. The van der Waals surface area contributed by atoms with E-state index in [0.717, 1.165) is 12.5 Å². The lowest BCUT2D eigenvalue weighted by Crippen LogP contribution is -2.10. The van der Waals surface area contributed by atoms with Crippen LogP contribution in [0.4, 0.5) is 0 Å². The molecule has 0 spiro atoms. The van der Waals surface area contributed by atoms with E-state index in [1.54, 1.807) is 0 Å². The Balaban J connectivity index is 2.15. The standard InChI is InChI=1S/C13H18BrN/c1-2-4-11-8-15-9-13(11)10-5-3-6-12(14)7-10/h3,5-7,11,13,15H,2,4,8-9H2,1H3/t11-,13-/m1/s1. The molecule has 1 aliphatic heterocycles. The molecule has 82 valence electrons. The van der Waals surface area contributed by atoms with Crippen molar-refractivity contribution in [3.05, 3.63) is 34.3 Å². The Labute approximate surface area is 100 Å². The Bertz CT molecular complexity index is 324. The first kappa shape index (κ1) is 11.2. The molecule has 1 heterocycles. The molecule has 0 unspecified atom stereocenters. The molecule has 0 radical (unpaired) electrons. The van der Waals surface area contributed by atoms with Crippen molar-refractivity contribution in [3.63, 3.8) is 0 Å². The highest BCUT2D eigenvalue weighted by Gasteiger charge is 2.27. The first-order valence-corrected chi connectivity index (χ1v) is 6.56. The van der Waals surface area contributed by atoms with Crippen LogP contribution in [0.25, 0.3) is 0 Å². The number of nitrogens with one attached hydrogen (secondary N) is 1. The Morgan fingerprint density at radius 1 is 1.40 bits per heavy atom. The zero-order valence-corrected chi connectivity index (χ0v) is 10.8. The summed E-state index contributed by atoms with van der Waals surface area (Å²) < 4.78 is 1.20. The van der Waals surface area contributed by atoms with Crippen LogP contribution >= 0.6 is 15.9 Å². The van der Waals surface area contributed by atoms with Gasteiger partial charge in [-0.05, 0) is 36.6 Å². The highest BCUT2D eigenvalue weighted by Crippen LogP contribution is 2.32. The maximum Gasteiger partial charge on any atom is 0.0178 e. The fourth-order valence-electron chi connectivity index (χ4n) is 2.53. The number of rotatable bonds is 3. The van der Waals surface area contributed by atoms with Gasteiger partial charge in [0, 0.05) is 16.9 Å². The number of hydrogen-bond acceptors (Lipinski definition) is 1. The molecular weight excluding hydrogens is 250 g/mol. The van der Waals surface area contributed by atoms with Crippen molar-refractivity contribution >= 4 is 15.9 Å². The van der Waals surface area contributed by atoms with E-state index in [4.69, 9.17) is 0 Å². The zero-order valence-electron chi connectivity index (χ0n) is 9.17. The summed E-state index contributed by atoms with van der Waals surface area (Å²) in [7, 11) is 0. The summed E-state index contributed by atoms with van der Waals surface area (Å²) in [4.78, 5) is 0. The fraction of sp³-hybridized carbons (Fsp3) is 0.538. The summed E-state index contributed by atoms with van der Waals surface area (Å²) in [5, 5.41) is 3.51. The van der Waals surface area contributed by atoms with E-state index >= 15 is 0 Å². The van der Waals surface area contributed by atoms with Gasteiger partial charge in [0.1, 0.15) is 0 Å². The van der Waals surface area contributed by atoms with E-state index in [2.05, 4.69) is 52.4 Å². The Kier molecular flexibility index (Phi) is 3.81. The Hall–Kier alpha value is -0.340. The first-order chi connectivity index (χ1) is 7.31. The van der Waals surface area contributed by atoms with Crippen LogP contribution in [0.2, 0.25) is 0 Å². The summed E-state index contributed by atoms with van der Waals surface area (Å²) in [6.07, 6.45) is 2.63. The summed E-state index contributed by atoms with van der Waals surface area (Å²) >= 11 is 3.55. The molecule has 2 atom stereocenters. The SMILES string of the molecule is CCC[C@@H]1CNC[C@@H]1c1cccc(Br)c1. The minimum absolute atomic E-state index is 0.711. The highest BCUT2D eigenvalue weighted by atomic mass is 79.9. The Morgan fingerprint density at radius 3 is 3.00 bits per heavy atom. The van der Waals surface area contributed by atoms with Crippen molar-refractivity contribution in [2.45, 2.75) is 25.7 Å². The lowest BCUT2D eigenvalue weighted by molar-refractivity contribution is 0.473. The smallest absolute Gasteiger partial charge is 0.0178 e. The summed E-state index contributed by atoms with van der Waals surface area (Å²) in [6.45, 7) is 4.60. The van der Waals surface area contributed by atoms with Gasteiger partial charge >= 0.3 is 0 Å². The fourth-order valence-corrected chi connectivity index (χ4v) is 2.95. The van der Waals surface area contributed by atoms with Gasteiger partial charge in [0.05, 0.1) is 0 Å². The van der Waals surface area contributed by atoms with E-state index < -0.39 is 0 Å². The summed E-state index contributed by atoms with van der Waals surface area (Å²) in [5.74, 6) is 1.53. The molecule has 1 saturated heterocycles. The molecule has 1 N–H and O–H groups in total. The van der Waals surface area contributed by atoms with Crippen molar-refractivity contribution < 1.29 is 0 Å². The van der Waals surface area contributed by atoms with Gasteiger partial charge < -0.3 is 5.32 Å². The normalized spacial score (nSPS) is 25.7. The van der Waals surface area contributed by atoms with Crippen molar-refractivity contribution in [2.75, 3.05) is 13.1 Å². The average Bonchev–Trinajstić information content (AvgIpc) is 2.66. The monoisotopic (exact) mass is 267 g/mol. The second-order valence-electron chi connectivity index (χ2n) is 4.37. The third kappa shape index (κ3) is 2.61. The van der Waals surface area contributed by atoms with Gasteiger partial charge in [-0.3, -0.25) is 0 Å². The zero-order chi connectivity index (χ0) is 10.7. The van der Waals surface area contributed by atoms with Gasteiger partial charge in [-0.25, -0.2) is 0 Å². The first-order valence-electron chi connectivity index (χ1n) is 5.77. The molecule has 1 aliphatic rings. The quantitative estimate of drug-likeness (QED) is 0.884. The number of benzene rings is 1. The van der Waals surface area contributed by atoms with E-state index in [0.29, 0.717) is 5.92 Å². The molecule has 2 rings (SSSR count). The van der Waals surface area contributed by atoms with E-state index in [1.807, 2.05) is 0 Å². The minimum Gasteiger partial charge on any atom is -0.316 e. The van der Waals surface area contributed by atoms with Crippen LogP contribution in [-0.2, 0) is 0 Å². The molecule has 0 bridgehead atoms. The van der Waals surface area contributed by atoms with Crippen molar-refractivity contribution in [3.8, 4) is 0 Å². The van der Waals surface area contributed by atoms with Crippen LogP contribution in [0.15, 0.2) is 28.7 Å². The lowest BCUT2D eigenvalue weighted by atomic mass is 9.86. The van der Waals surface area contributed by atoms with Gasteiger partial charge in [-0.1, -0.05) is 41.4 Å². The molecule has 0 aliphatic carbocycles. The van der Waals surface area contributed by atoms with Crippen LogP contribution in [0.5, 0.6) is 0 Å². The largest absolute Gasteiger partial charge is 0.316 e. The molecule has 1 nitrogen and oxygen atoms in total.